The van der Waals surface area contributed by atoms with Crippen LogP contribution in [0.3, 0.4) is 0 Å². The minimum Gasteiger partial charge on any atom is -0.350 e. The van der Waals surface area contributed by atoms with Gasteiger partial charge in [0.2, 0.25) is 5.91 Å². The molecule has 0 bridgehead atoms. The second kappa shape index (κ2) is 5.75. The molecule has 5 nitrogen and oxygen atoms in total. The highest BCUT2D eigenvalue weighted by atomic mass is 35.5. The first kappa shape index (κ1) is 14.1. The number of rotatable bonds is 3. The van der Waals surface area contributed by atoms with Crippen LogP contribution in [0.5, 0.6) is 0 Å². The van der Waals surface area contributed by atoms with Crippen LogP contribution in [-0.4, -0.2) is 61.8 Å². The van der Waals surface area contributed by atoms with E-state index in [1.807, 2.05) is 0 Å². The van der Waals surface area contributed by atoms with Crippen LogP contribution in [0, 0.1) is 0 Å². The van der Waals surface area contributed by atoms with E-state index in [4.69, 9.17) is 11.6 Å². The lowest BCUT2D eigenvalue weighted by Gasteiger charge is -2.34. The molecule has 1 amide bonds. The van der Waals surface area contributed by atoms with Crippen molar-refractivity contribution in [2.24, 2.45) is 0 Å². The fraction of sp³-hybridized carbons (Fsp3) is 0.909. The molecule has 0 spiro atoms. The predicted octanol–water partition coefficient (Wildman–Crippen LogP) is -0.00710. The van der Waals surface area contributed by atoms with E-state index in [1.54, 1.807) is 0 Å². The Hall–Kier alpha value is -0.330. The van der Waals surface area contributed by atoms with E-state index in [2.05, 4.69) is 10.2 Å². The fourth-order valence-electron chi connectivity index (χ4n) is 2.82. The van der Waals surface area contributed by atoms with Gasteiger partial charge in [-0.2, -0.15) is 0 Å². The molecule has 2 unspecified atom stereocenters. The Morgan fingerprint density at radius 2 is 1.89 bits per heavy atom. The molecule has 18 heavy (non-hydrogen) atoms. The summed E-state index contributed by atoms with van der Waals surface area (Å²) < 4.78 is 23.5. The maximum Gasteiger partial charge on any atom is 0.235 e. The molecule has 2 atom stereocenters. The fourth-order valence-corrected chi connectivity index (χ4v) is 4.85. The molecule has 2 fully saturated rings. The first-order chi connectivity index (χ1) is 8.52. The lowest BCUT2D eigenvalue weighted by molar-refractivity contribution is -0.119. The van der Waals surface area contributed by atoms with Gasteiger partial charge in [-0.3, -0.25) is 9.69 Å². The Bertz CT molecular complexity index is 407. The maximum atomic E-state index is 11.8. The summed E-state index contributed by atoms with van der Waals surface area (Å²) in [5.41, 5.74) is 0. The molecule has 2 saturated heterocycles. The van der Waals surface area contributed by atoms with Crippen molar-refractivity contribution in [3.05, 3.63) is 0 Å². The van der Waals surface area contributed by atoms with Crippen molar-refractivity contribution < 1.29 is 13.2 Å². The molecule has 104 valence electrons. The molecule has 0 aliphatic carbocycles. The molecule has 2 heterocycles. The van der Waals surface area contributed by atoms with Crippen LogP contribution < -0.4 is 5.32 Å². The number of piperidine rings is 1. The van der Waals surface area contributed by atoms with E-state index in [1.165, 1.54) is 6.42 Å². The largest absolute Gasteiger partial charge is 0.350 e. The SMILES string of the molecule is O=C(CCl)NC1CS(=O)(=O)CC1N1CCCCC1. The van der Waals surface area contributed by atoms with E-state index < -0.39 is 9.84 Å². The smallest absolute Gasteiger partial charge is 0.235 e. The first-order valence-electron chi connectivity index (χ1n) is 6.31. The van der Waals surface area contributed by atoms with Crippen molar-refractivity contribution in [2.45, 2.75) is 31.3 Å². The molecule has 1 N–H and O–H groups in total. The van der Waals surface area contributed by atoms with E-state index in [0.29, 0.717) is 0 Å². The monoisotopic (exact) mass is 294 g/mol. The summed E-state index contributed by atoms with van der Waals surface area (Å²) in [5, 5.41) is 2.74. The van der Waals surface area contributed by atoms with Gasteiger partial charge in [0, 0.05) is 6.04 Å². The topological polar surface area (TPSA) is 66.5 Å². The van der Waals surface area contributed by atoms with E-state index >= 15 is 0 Å². The van der Waals surface area contributed by atoms with Crippen molar-refractivity contribution in [3.63, 3.8) is 0 Å². The van der Waals surface area contributed by atoms with Crippen molar-refractivity contribution in [1.29, 1.82) is 0 Å². The predicted molar refractivity (Wildman–Crippen MR) is 70.5 cm³/mol. The molecule has 0 radical (unpaired) electrons. The summed E-state index contributed by atoms with van der Waals surface area (Å²) >= 11 is 5.46. The van der Waals surface area contributed by atoms with Crippen LogP contribution in [0.1, 0.15) is 19.3 Å². The number of nitrogens with zero attached hydrogens (tertiary/aromatic N) is 1. The number of nitrogens with one attached hydrogen (secondary N) is 1. The number of halogens is 1. The third kappa shape index (κ3) is 3.36. The van der Waals surface area contributed by atoms with Crippen molar-refractivity contribution in [2.75, 3.05) is 30.5 Å². The standard InChI is InChI=1S/C11H19ClN2O3S/c12-6-11(15)13-9-7-18(16,17)8-10(9)14-4-2-1-3-5-14/h9-10H,1-8H2,(H,13,15). The normalized spacial score (nSPS) is 32.3. The third-order valence-electron chi connectivity index (χ3n) is 3.65. The number of amides is 1. The number of alkyl halides is 1. The van der Waals surface area contributed by atoms with Crippen LogP contribution in [0.2, 0.25) is 0 Å². The second-order valence-corrected chi connectivity index (χ2v) is 7.47. The van der Waals surface area contributed by atoms with Gasteiger partial charge < -0.3 is 5.32 Å². The Kier molecular flexibility index (Phi) is 4.50. The summed E-state index contributed by atoms with van der Waals surface area (Å²) in [7, 11) is -3.05. The van der Waals surface area contributed by atoms with Crippen LogP contribution in [0.25, 0.3) is 0 Å². The average Bonchev–Trinajstić information content (AvgIpc) is 2.65. The lowest BCUT2D eigenvalue weighted by atomic mass is 10.1. The van der Waals surface area contributed by atoms with Crippen molar-refractivity contribution >= 4 is 27.3 Å². The van der Waals surface area contributed by atoms with Gasteiger partial charge in [-0.1, -0.05) is 6.42 Å². The highest BCUT2D eigenvalue weighted by Crippen LogP contribution is 2.22. The van der Waals surface area contributed by atoms with Gasteiger partial charge in [-0.15, -0.1) is 11.6 Å². The van der Waals surface area contributed by atoms with Crippen molar-refractivity contribution in [1.82, 2.24) is 10.2 Å². The van der Waals surface area contributed by atoms with Gasteiger partial charge in [0.1, 0.15) is 5.88 Å². The van der Waals surface area contributed by atoms with Crippen LogP contribution in [0.15, 0.2) is 0 Å². The number of hydrogen-bond donors (Lipinski definition) is 1. The molecule has 7 heteroatoms. The number of carbonyl (C=O) groups is 1. The summed E-state index contributed by atoms with van der Waals surface area (Å²) in [6, 6.07) is -0.387. The van der Waals surface area contributed by atoms with Gasteiger partial charge in [0.25, 0.3) is 0 Å². The van der Waals surface area contributed by atoms with Crippen molar-refractivity contribution in [3.8, 4) is 0 Å². The summed E-state index contributed by atoms with van der Waals surface area (Å²) in [6.07, 6.45) is 3.41. The average molecular weight is 295 g/mol. The molecule has 0 aromatic heterocycles. The van der Waals surface area contributed by atoms with Crippen LogP contribution >= 0.6 is 11.6 Å². The highest BCUT2D eigenvalue weighted by Gasteiger charge is 2.41. The number of sulfone groups is 1. The van der Waals surface area contributed by atoms with Gasteiger partial charge in [0.05, 0.1) is 17.5 Å². The quantitative estimate of drug-likeness (QED) is 0.744. The third-order valence-corrected chi connectivity index (χ3v) is 5.61. The molecular weight excluding hydrogens is 276 g/mol. The minimum absolute atomic E-state index is 0.0385. The zero-order valence-corrected chi connectivity index (χ0v) is 11.8. The summed E-state index contributed by atoms with van der Waals surface area (Å²) in [6.45, 7) is 1.85. The maximum absolute atomic E-state index is 11.8. The zero-order valence-electron chi connectivity index (χ0n) is 10.3. The van der Waals surface area contributed by atoms with Crippen LogP contribution in [-0.2, 0) is 14.6 Å². The molecule has 0 saturated carbocycles. The van der Waals surface area contributed by atoms with Gasteiger partial charge in [0.15, 0.2) is 9.84 Å². The van der Waals surface area contributed by atoms with E-state index in [9.17, 15) is 13.2 Å². The Labute approximate surface area is 113 Å². The molecule has 0 aromatic carbocycles. The molecule has 0 aromatic rings. The van der Waals surface area contributed by atoms with Gasteiger partial charge in [-0.05, 0) is 25.9 Å². The lowest BCUT2D eigenvalue weighted by Crippen LogP contribution is -2.52. The Morgan fingerprint density at radius 3 is 2.50 bits per heavy atom. The Balaban J connectivity index is 2.07. The number of carbonyl (C=O) groups excluding carboxylic acids is 1. The summed E-state index contributed by atoms with van der Waals surface area (Å²) in [5.74, 6) is -0.221. The molecule has 2 rings (SSSR count). The number of hydrogen-bond acceptors (Lipinski definition) is 4. The van der Waals surface area contributed by atoms with E-state index in [-0.39, 0.29) is 35.4 Å². The van der Waals surface area contributed by atoms with Gasteiger partial charge in [-0.25, -0.2) is 8.42 Å². The molecular formula is C11H19ClN2O3S. The molecule has 2 aliphatic rings. The summed E-state index contributed by atoms with van der Waals surface area (Å²) in [4.78, 5) is 13.6. The highest BCUT2D eigenvalue weighted by molar-refractivity contribution is 7.91. The Morgan fingerprint density at radius 1 is 1.22 bits per heavy atom. The van der Waals surface area contributed by atoms with E-state index in [0.717, 1.165) is 25.9 Å². The minimum atomic E-state index is -3.05. The van der Waals surface area contributed by atoms with Gasteiger partial charge >= 0.3 is 0 Å². The number of likely N-dealkylation sites (tertiary alicyclic amines) is 1. The first-order valence-corrected chi connectivity index (χ1v) is 8.67. The second-order valence-electron chi connectivity index (χ2n) is 5.05. The molecule has 2 aliphatic heterocycles. The van der Waals surface area contributed by atoms with Crippen LogP contribution in [0.4, 0.5) is 0 Å². The zero-order chi connectivity index (χ0) is 13.2.